The summed E-state index contributed by atoms with van der Waals surface area (Å²) in [5.74, 6) is 0.431. The predicted molar refractivity (Wildman–Crippen MR) is 87.4 cm³/mol. The molecule has 1 unspecified atom stereocenters. The van der Waals surface area contributed by atoms with Gasteiger partial charge in [-0.1, -0.05) is 43.7 Å². The van der Waals surface area contributed by atoms with E-state index in [2.05, 4.69) is 50.4 Å². The van der Waals surface area contributed by atoms with Crippen molar-refractivity contribution in [3.8, 4) is 0 Å². The number of carbonyl (C=O) groups excluding carboxylic acids is 1. The standard InChI is InChI=1S/C18H28N2O/c1-14-7-9-16(10-8-14)18(2,3)13-20(4)17(21)15-6-5-11-19-12-15/h7-10,15,19H,5-6,11-13H2,1-4H3. The van der Waals surface area contributed by atoms with Gasteiger partial charge in [-0.3, -0.25) is 4.79 Å². The van der Waals surface area contributed by atoms with Crippen LogP contribution in [0.25, 0.3) is 0 Å². The molecule has 1 aromatic rings. The Morgan fingerprint density at radius 1 is 1.33 bits per heavy atom. The Balaban J connectivity index is 2.01. The molecule has 2 rings (SSSR count). The summed E-state index contributed by atoms with van der Waals surface area (Å²) in [7, 11) is 1.94. The summed E-state index contributed by atoms with van der Waals surface area (Å²) >= 11 is 0. The zero-order chi connectivity index (χ0) is 15.5. The highest BCUT2D eigenvalue weighted by Gasteiger charge is 2.29. The Labute approximate surface area is 128 Å². The molecule has 1 aromatic carbocycles. The van der Waals surface area contributed by atoms with E-state index < -0.39 is 0 Å². The molecule has 0 saturated carbocycles. The lowest BCUT2D eigenvalue weighted by Crippen LogP contribution is -2.45. The topological polar surface area (TPSA) is 32.3 Å². The quantitative estimate of drug-likeness (QED) is 0.924. The third-order valence-corrected chi connectivity index (χ3v) is 4.49. The van der Waals surface area contributed by atoms with E-state index in [1.54, 1.807) is 0 Å². The first-order valence-electron chi connectivity index (χ1n) is 7.93. The van der Waals surface area contributed by atoms with Crippen LogP contribution in [0.15, 0.2) is 24.3 Å². The molecule has 1 fully saturated rings. The molecule has 1 aliphatic heterocycles. The Morgan fingerprint density at radius 2 is 2.00 bits per heavy atom. The van der Waals surface area contributed by atoms with Crippen molar-refractivity contribution >= 4 is 5.91 Å². The van der Waals surface area contributed by atoms with Crippen molar-refractivity contribution in [3.63, 3.8) is 0 Å². The van der Waals surface area contributed by atoms with E-state index in [1.807, 2.05) is 11.9 Å². The van der Waals surface area contributed by atoms with Crippen molar-refractivity contribution in [3.05, 3.63) is 35.4 Å². The first-order valence-corrected chi connectivity index (χ1v) is 7.93. The number of benzene rings is 1. The fraction of sp³-hybridized carbons (Fsp3) is 0.611. The molecule has 0 bridgehead atoms. The van der Waals surface area contributed by atoms with Crippen molar-refractivity contribution in [1.82, 2.24) is 10.2 Å². The molecule has 1 N–H and O–H groups in total. The number of amides is 1. The molecule has 1 amide bonds. The second kappa shape index (κ2) is 6.61. The first-order chi connectivity index (χ1) is 9.90. The van der Waals surface area contributed by atoms with Crippen molar-refractivity contribution in [2.75, 3.05) is 26.7 Å². The van der Waals surface area contributed by atoms with Crippen molar-refractivity contribution in [2.24, 2.45) is 5.92 Å². The number of piperidine rings is 1. The summed E-state index contributed by atoms with van der Waals surface area (Å²) in [5, 5.41) is 3.32. The van der Waals surface area contributed by atoms with Gasteiger partial charge in [0.25, 0.3) is 0 Å². The molecule has 1 atom stereocenters. The van der Waals surface area contributed by atoms with Crippen LogP contribution in [0.3, 0.4) is 0 Å². The lowest BCUT2D eigenvalue weighted by atomic mass is 9.83. The van der Waals surface area contributed by atoms with Crippen LogP contribution in [0.2, 0.25) is 0 Å². The fourth-order valence-corrected chi connectivity index (χ4v) is 3.14. The SMILES string of the molecule is Cc1ccc(C(C)(C)CN(C)C(=O)C2CCCNC2)cc1. The smallest absolute Gasteiger partial charge is 0.226 e. The van der Waals surface area contributed by atoms with Crippen LogP contribution in [0.4, 0.5) is 0 Å². The number of nitrogens with zero attached hydrogens (tertiary/aromatic N) is 1. The van der Waals surface area contributed by atoms with Gasteiger partial charge in [0.05, 0.1) is 5.92 Å². The van der Waals surface area contributed by atoms with E-state index in [0.717, 1.165) is 32.5 Å². The second-order valence-electron chi connectivity index (χ2n) is 6.99. The Kier molecular flexibility index (Phi) is 5.04. The van der Waals surface area contributed by atoms with Gasteiger partial charge in [0.2, 0.25) is 5.91 Å². The lowest BCUT2D eigenvalue weighted by Gasteiger charge is -2.34. The predicted octanol–water partition coefficient (Wildman–Crippen LogP) is 2.73. The van der Waals surface area contributed by atoms with Crippen molar-refractivity contribution < 1.29 is 4.79 Å². The van der Waals surface area contributed by atoms with Crippen LogP contribution in [0.1, 0.15) is 37.8 Å². The fourth-order valence-electron chi connectivity index (χ4n) is 3.14. The summed E-state index contributed by atoms with van der Waals surface area (Å²) in [6.45, 7) is 9.14. The number of carbonyl (C=O) groups is 1. The number of hydrogen-bond acceptors (Lipinski definition) is 2. The highest BCUT2D eigenvalue weighted by Crippen LogP contribution is 2.25. The Hall–Kier alpha value is -1.35. The molecular weight excluding hydrogens is 260 g/mol. The van der Waals surface area contributed by atoms with Gasteiger partial charge in [-0.15, -0.1) is 0 Å². The molecule has 116 valence electrons. The molecule has 0 radical (unpaired) electrons. The normalized spacial score (nSPS) is 19.3. The van der Waals surface area contributed by atoms with E-state index in [4.69, 9.17) is 0 Å². The number of aryl methyl sites for hydroxylation is 1. The van der Waals surface area contributed by atoms with Gasteiger partial charge >= 0.3 is 0 Å². The largest absolute Gasteiger partial charge is 0.345 e. The van der Waals surface area contributed by atoms with E-state index in [0.29, 0.717) is 0 Å². The lowest BCUT2D eigenvalue weighted by molar-refractivity contribution is -0.135. The summed E-state index contributed by atoms with van der Waals surface area (Å²) < 4.78 is 0. The van der Waals surface area contributed by atoms with Crippen LogP contribution in [0, 0.1) is 12.8 Å². The van der Waals surface area contributed by atoms with E-state index in [1.165, 1.54) is 11.1 Å². The zero-order valence-electron chi connectivity index (χ0n) is 13.8. The molecule has 3 nitrogen and oxygen atoms in total. The molecule has 1 heterocycles. The maximum Gasteiger partial charge on any atom is 0.226 e. The average Bonchev–Trinajstić information content (AvgIpc) is 2.47. The third kappa shape index (κ3) is 4.07. The maximum absolute atomic E-state index is 12.5. The van der Waals surface area contributed by atoms with Crippen molar-refractivity contribution in [2.45, 2.75) is 39.0 Å². The van der Waals surface area contributed by atoms with Crippen LogP contribution in [0.5, 0.6) is 0 Å². The van der Waals surface area contributed by atoms with Crippen LogP contribution >= 0.6 is 0 Å². The van der Waals surface area contributed by atoms with Crippen LogP contribution in [-0.4, -0.2) is 37.5 Å². The number of hydrogen-bond donors (Lipinski definition) is 1. The number of likely N-dealkylation sites (N-methyl/N-ethyl adjacent to an activating group) is 1. The van der Waals surface area contributed by atoms with Gasteiger partial charge in [-0.25, -0.2) is 0 Å². The first kappa shape index (κ1) is 16.0. The average molecular weight is 288 g/mol. The van der Waals surface area contributed by atoms with Crippen molar-refractivity contribution in [1.29, 1.82) is 0 Å². The Morgan fingerprint density at radius 3 is 2.57 bits per heavy atom. The highest BCUT2D eigenvalue weighted by molar-refractivity contribution is 5.79. The second-order valence-corrected chi connectivity index (χ2v) is 6.99. The summed E-state index contributed by atoms with van der Waals surface area (Å²) in [5.41, 5.74) is 2.53. The summed E-state index contributed by atoms with van der Waals surface area (Å²) in [6, 6.07) is 8.64. The van der Waals surface area contributed by atoms with Crippen LogP contribution < -0.4 is 5.32 Å². The van der Waals surface area contributed by atoms with Crippen LogP contribution in [-0.2, 0) is 10.2 Å². The van der Waals surface area contributed by atoms with E-state index in [9.17, 15) is 4.79 Å². The van der Waals surface area contributed by atoms with Gasteiger partial charge < -0.3 is 10.2 Å². The van der Waals surface area contributed by atoms with Gasteiger partial charge in [0.1, 0.15) is 0 Å². The summed E-state index contributed by atoms with van der Waals surface area (Å²) in [6.07, 6.45) is 2.12. The Bertz CT molecular complexity index is 472. The molecule has 0 aliphatic carbocycles. The summed E-state index contributed by atoms with van der Waals surface area (Å²) in [4.78, 5) is 14.5. The number of rotatable bonds is 4. The van der Waals surface area contributed by atoms with Gasteiger partial charge in [-0.2, -0.15) is 0 Å². The molecule has 0 spiro atoms. The van der Waals surface area contributed by atoms with E-state index in [-0.39, 0.29) is 17.2 Å². The van der Waals surface area contributed by atoms with E-state index >= 15 is 0 Å². The van der Waals surface area contributed by atoms with Gasteiger partial charge in [0.15, 0.2) is 0 Å². The highest BCUT2D eigenvalue weighted by atomic mass is 16.2. The monoisotopic (exact) mass is 288 g/mol. The van der Waals surface area contributed by atoms with Gasteiger partial charge in [-0.05, 0) is 31.9 Å². The molecule has 1 aliphatic rings. The number of nitrogens with one attached hydrogen (secondary N) is 1. The van der Waals surface area contributed by atoms with Gasteiger partial charge in [0, 0.05) is 25.6 Å². The molecule has 0 aromatic heterocycles. The minimum atomic E-state index is -0.0276. The molecule has 21 heavy (non-hydrogen) atoms. The minimum Gasteiger partial charge on any atom is -0.345 e. The molecule has 1 saturated heterocycles. The minimum absolute atomic E-state index is 0.0276. The maximum atomic E-state index is 12.5. The molecular formula is C18H28N2O. The molecule has 3 heteroatoms. The zero-order valence-corrected chi connectivity index (χ0v) is 13.8. The third-order valence-electron chi connectivity index (χ3n) is 4.49.